The Kier molecular flexibility index (Phi) is 4.93. The van der Waals surface area contributed by atoms with E-state index in [1.807, 2.05) is 6.92 Å². The summed E-state index contributed by atoms with van der Waals surface area (Å²) in [4.78, 5) is 27.6. The largest absolute Gasteiger partial charge is 0.348 e. The molecule has 0 fully saturated rings. The minimum absolute atomic E-state index is 0.0588. The van der Waals surface area contributed by atoms with E-state index >= 15 is 0 Å². The molecule has 0 saturated heterocycles. The van der Waals surface area contributed by atoms with E-state index in [2.05, 4.69) is 15.4 Å². The van der Waals surface area contributed by atoms with Crippen LogP contribution < -0.4 is 10.9 Å². The van der Waals surface area contributed by atoms with Crippen molar-refractivity contribution >= 4 is 29.1 Å². The van der Waals surface area contributed by atoms with Gasteiger partial charge < -0.3 is 5.32 Å². The average molecular weight is 327 g/mol. The molecule has 0 aliphatic carbocycles. The molecule has 6 nitrogen and oxygen atoms in total. The van der Waals surface area contributed by atoms with Crippen LogP contribution in [0.1, 0.15) is 18.5 Å². The number of rotatable bonds is 4. The number of carbonyl (C=O) groups excluding carboxylic acids is 1. The Balaban J connectivity index is 2.06. The second-order valence-corrected chi connectivity index (χ2v) is 5.12. The fraction of sp³-hybridized carbons (Fsp3) is 0.231. The highest BCUT2D eigenvalue weighted by molar-refractivity contribution is 6.41. The molecule has 8 heteroatoms. The fourth-order valence-electron chi connectivity index (χ4n) is 1.72. The van der Waals surface area contributed by atoms with Crippen LogP contribution in [0.3, 0.4) is 0 Å². The van der Waals surface area contributed by atoms with Crippen LogP contribution in [0.2, 0.25) is 10.0 Å². The summed E-state index contributed by atoms with van der Waals surface area (Å²) >= 11 is 11.4. The van der Waals surface area contributed by atoms with Gasteiger partial charge in [0.25, 0.3) is 5.56 Å². The molecule has 0 aliphatic rings. The molecule has 1 N–H and O–H groups in total. The summed E-state index contributed by atoms with van der Waals surface area (Å²) < 4.78 is 0.961. The highest BCUT2D eigenvalue weighted by Crippen LogP contribution is 2.14. The Labute approximate surface area is 130 Å². The molecule has 0 aromatic carbocycles. The van der Waals surface area contributed by atoms with Crippen molar-refractivity contribution in [1.82, 2.24) is 20.1 Å². The summed E-state index contributed by atoms with van der Waals surface area (Å²) in [5.41, 5.74) is 0.309. The minimum atomic E-state index is -0.601. The lowest BCUT2D eigenvalue weighted by molar-refractivity contribution is -0.122. The van der Waals surface area contributed by atoms with Crippen molar-refractivity contribution in [3.8, 4) is 0 Å². The van der Waals surface area contributed by atoms with Crippen molar-refractivity contribution < 1.29 is 4.79 Å². The number of nitrogens with zero attached hydrogens (tertiary/aromatic N) is 3. The number of aromatic nitrogens is 3. The maximum Gasteiger partial charge on any atom is 0.287 e. The van der Waals surface area contributed by atoms with Gasteiger partial charge in [0.05, 0.1) is 17.3 Å². The Morgan fingerprint density at radius 2 is 2.05 bits per heavy atom. The first-order chi connectivity index (χ1) is 9.99. The van der Waals surface area contributed by atoms with Crippen LogP contribution in [0.25, 0.3) is 0 Å². The van der Waals surface area contributed by atoms with Gasteiger partial charge >= 0.3 is 0 Å². The molecule has 0 saturated carbocycles. The number of hydrogen-bond donors (Lipinski definition) is 1. The van der Waals surface area contributed by atoms with Crippen LogP contribution in [0.15, 0.2) is 35.5 Å². The van der Waals surface area contributed by atoms with E-state index in [9.17, 15) is 9.59 Å². The Bertz CT molecular complexity index is 703. The Morgan fingerprint density at radius 1 is 1.38 bits per heavy atom. The SMILES string of the molecule is CC(NC(=O)Cn1ncc(Cl)c(Cl)c1=O)c1ccncc1. The van der Waals surface area contributed by atoms with Crippen molar-refractivity contribution in [1.29, 1.82) is 0 Å². The van der Waals surface area contributed by atoms with Crippen molar-refractivity contribution in [2.24, 2.45) is 0 Å². The average Bonchev–Trinajstić information content (AvgIpc) is 2.49. The molecule has 2 aromatic heterocycles. The van der Waals surface area contributed by atoms with Gasteiger partial charge in [-0.3, -0.25) is 14.6 Å². The zero-order valence-corrected chi connectivity index (χ0v) is 12.6. The van der Waals surface area contributed by atoms with E-state index < -0.39 is 5.56 Å². The first kappa shape index (κ1) is 15.5. The smallest absolute Gasteiger partial charge is 0.287 e. The maximum atomic E-state index is 11.9. The van der Waals surface area contributed by atoms with Crippen molar-refractivity contribution in [2.75, 3.05) is 0 Å². The molecule has 0 aliphatic heterocycles. The molecule has 2 rings (SSSR count). The number of amides is 1. The van der Waals surface area contributed by atoms with Gasteiger partial charge in [0, 0.05) is 12.4 Å². The molecular formula is C13H12Cl2N4O2. The third-order valence-electron chi connectivity index (χ3n) is 2.82. The Hall–Kier alpha value is -1.92. The second kappa shape index (κ2) is 6.69. The van der Waals surface area contributed by atoms with E-state index in [-0.39, 0.29) is 28.5 Å². The van der Waals surface area contributed by atoms with Crippen molar-refractivity contribution in [2.45, 2.75) is 19.5 Å². The molecule has 0 bridgehead atoms. The predicted octanol–water partition coefficient (Wildman–Crippen LogP) is 1.82. The summed E-state index contributed by atoms with van der Waals surface area (Å²) in [6.07, 6.45) is 4.51. The summed E-state index contributed by atoms with van der Waals surface area (Å²) in [6.45, 7) is 1.60. The van der Waals surface area contributed by atoms with Gasteiger partial charge in [-0.2, -0.15) is 5.10 Å². The van der Waals surface area contributed by atoms with Gasteiger partial charge in [-0.1, -0.05) is 23.2 Å². The van der Waals surface area contributed by atoms with Crippen LogP contribution in [-0.2, 0) is 11.3 Å². The fourth-order valence-corrected chi connectivity index (χ4v) is 1.99. The second-order valence-electron chi connectivity index (χ2n) is 4.34. The lowest BCUT2D eigenvalue weighted by Crippen LogP contribution is -2.35. The maximum absolute atomic E-state index is 11.9. The molecular weight excluding hydrogens is 315 g/mol. The topological polar surface area (TPSA) is 76.9 Å². The predicted molar refractivity (Wildman–Crippen MR) is 79.3 cm³/mol. The number of nitrogens with one attached hydrogen (secondary N) is 1. The molecule has 2 heterocycles. The summed E-state index contributed by atoms with van der Waals surface area (Å²) in [6, 6.07) is 3.39. The molecule has 1 unspecified atom stereocenters. The van der Waals surface area contributed by atoms with Gasteiger partial charge in [-0.25, -0.2) is 4.68 Å². The summed E-state index contributed by atoms with van der Waals surface area (Å²) in [7, 11) is 0. The van der Waals surface area contributed by atoms with E-state index in [1.54, 1.807) is 24.5 Å². The first-order valence-corrected chi connectivity index (χ1v) is 6.85. The number of halogens is 2. The van der Waals surface area contributed by atoms with Gasteiger partial charge in [0.15, 0.2) is 0 Å². The van der Waals surface area contributed by atoms with Crippen LogP contribution in [-0.4, -0.2) is 20.7 Å². The highest BCUT2D eigenvalue weighted by Gasteiger charge is 2.13. The Morgan fingerprint density at radius 3 is 2.71 bits per heavy atom. The molecule has 0 radical (unpaired) electrons. The van der Waals surface area contributed by atoms with Gasteiger partial charge in [-0.05, 0) is 24.6 Å². The van der Waals surface area contributed by atoms with Gasteiger partial charge in [-0.15, -0.1) is 0 Å². The third-order valence-corrected chi connectivity index (χ3v) is 3.57. The lowest BCUT2D eigenvalue weighted by atomic mass is 10.1. The lowest BCUT2D eigenvalue weighted by Gasteiger charge is -2.14. The van der Waals surface area contributed by atoms with E-state index in [1.165, 1.54) is 6.20 Å². The van der Waals surface area contributed by atoms with Gasteiger partial charge in [0.2, 0.25) is 5.91 Å². The normalized spacial score (nSPS) is 12.0. The quantitative estimate of drug-likeness (QED) is 0.929. The van der Waals surface area contributed by atoms with Crippen LogP contribution in [0.5, 0.6) is 0 Å². The van der Waals surface area contributed by atoms with Crippen LogP contribution in [0.4, 0.5) is 0 Å². The van der Waals surface area contributed by atoms with E-state index in [0.29, 0.717) is 0 Å². The standard InChI is InChI=1S/C13H12Cl2N4O2/c1-8(9-2-4-16-5-3-9)18-11(20)7-19-13(21)12(15)10(14)6-17-19/h2-6,8H,7H2,1H3,(H,18,20). The van der Waals surface area contributed by atoms with Crippen LogP contribution in [0, 0.1) is 0 Å². The van der Waals surface area contributed by atoms with Crippen molar-refractivity contribution in [3.05, 3.63) is 56.7 Å². The molecule has 110 valence electrons. The monoisotopic (exact) mass is 326 g/mol. The summed E-state index contributed by atoms with van der Waals surface area (Å²) in [5.74, 6) is -0.354. The van der Waals surface area contributed by atoms with E-state index in [4.69, 9.17) is 23.2 Å². The molecule has 1 amide bonds. The molecule has 21 heavy (non-hydrogen) atoms. The first-order valence-electron chi connectivity index (χ1n) is 6.09. The zero-order valence-electron chi connectivity index (χ0n) is 11.1. The van der Waals surface area contributed by atoms with Crippen molar-refractivity contribution in [3.63, 3.8) is 0 Å². The molecule has 1 atom stereocenters. The number of carbonyl (C=O) groups is 1. The van der Waals surface area contributed by atoms with E-state index in [0.717, 1.165) is 10.2 Å². The molecule has 2 aromatic rings. The zero-order chi connectivity index (χ0) is 15.4. The minimum Gasteiger partial charge on any atom is -0.348 e. The highest BCUT2D eigenvalue weighted by atomic mass is 35.5. The number of hydrogen-bond acceptors (Lipinski definition) is 4. The summed E-state index contributed by atoms with van der Waals surface area (Å²) in [5, 5.41) is 6.45. The molecule has 0 spiro atoms. The van der Waals surface area contributed by atoms with Crippen LogP contribution >= 0.6 is 23.2 Å². The number of pyridine rings is 1. The van der Waals surface area contributed by atoms with Gasteiger partial charge in [0.1, 0.15) is 11.6 Å². The third kappa shape index (κ3) is 3.80.